The summed E-state index contributed by atoms with van der Waals surface area (Å²) in [5.41, 5.74) is 2.71. The van der Waals surface area contributed by atoms with Crippen LogP contribution in [0.3, 0.4) is 0 Å². The Bertz CT molecular complexity index is 346. The van der Waals surface area contributed by atoms with Gasteiger partial charge in [0.15, 0.2) is 0 Å². The van der Waals surface area contributed by atoms with E-state index >= 15 is 0 Å². The molecule has 1 aromatic carbocycles. The van der Waals surface area contributed by atoms with E-state index in [9.17, 15) is 5.11 Å². The zero-order valence-electron chi connectivity index (χ0n) is 12.5. The van der Waals surface area contributed by atoms with Crippen molar-refractivity contribution < 1.29 is 5.11 Å². The van der Waals surface area contributed by atoms with Gasteiger partial charge in [-0.3, -0.25) is 0 Å². The highest BCUT2D eigenvalue weighted by Gasteiger charge is 2.14. The summed E-state index contributed by atoms with van der Waals surface area (Å²) in [6, 6.07) is 9.16. The smallest absolute Gasteiger partial charge is 0.0564 e. The van der Waals surface area contributed by atoms with Crippen LogP contribution in [0.4, 0.5) is 0 Å². The summed E-state index contributed by atoms with van der Waals surface area (Å²) in [4.78, 5) is 0. The van der Waals surface area contributed by atoms with E-state index in [4.69, 9.17) is 0 Å². The van der Waals surface area contributed by atoms with E-state index in [0.717, 1.165) is 13.0 Å². The third kappa shape index (κ3) is 5.98. The molecule has 0 amide bonds. The maximum absolute atomic E-state index is 9.25. The van der Waals surface area contributed by atoms with Crippen molar-refractivity contribution in [3.63, 3.8) is 0 Å². The first kappa shape index (κ1) is 16.5. The van der Waals surface area contributed by atoms with Crippen molar-refractivity contribution in [2.75, 3.05) is 12.9 Å². The van der Waals surface area contributed by atoms with E-state index in [2.05, 4.69) is 50.4 Å². The molecule has 2 nitrogen and oxygen atoms in total. The number of nitrogens with one attached hydrogen (secondary N) is 1. The van der Waals surface area contributed by atoms with Crippen LogP contribution in [0.25, 0.3) is 0 Å². The SMILES string of the molecule is CSC(CO)C(C)NCc1ccc(CC(C)C)cc1. The molecule has 0 heterocycles. The van der Waals surface area contributed by atoms with Crippen LogP contribution in [0, 0.1) is 5.92 Å². The van der Waals surface area contributed by atoms with Crippen LogP contribution in [-0.2, 0) is 13.0 Å². The van der Waals surface area contributed by atoms with Gasteiger partial charge in [0.2, 0.25) is 0 Å². The Balaban J connectivity index is 2.45. The third-order valence-electron chi connectivity index (χ3n) is 3.34. The minimum Gasteiger partial charge on any atom is -0.395 e. The summed E-state index contributed by atoms with van der Waals surface area (Å²) in [6.45, 7) is 7.70. The third-order valence-corrected chi connectivity index (χ3v) is 4.50. The number of hydrogen-bond acceptors (Lipinski definition) is 3. The zero-order chi connectivity index (χ0) is 14.3. The van der Waals surface area contributed by atoms with E-state index < -0.39 is 0 Å². The van der Waals surface area contributed by atoms with E-state index in [1.807, 2.05) is 6.26 Å². The molecule has 2 N–H and O–H groups in total. The van der Waals surface area contributed by atoms with Crippen LogP contribution in [0.2, 0.25) is 0 Å². The second kappa shape index (κ2) is 8.62. The number of rotatable bonds is 8. The molecule has 0 aromatic heterocycles. The molecule has 19 heavy (non-hydrogen) atoms. The van der Waals surface area contributed by atoms with Crippen LogP contribution < -0.4 is 5.32 Å². The summed E-state index contributed by atoms with van der Waals surface area (Å²) >= 11 is 1.71. The highest BCUT2D eigenvalue weighted by atomic mass is 32.2. The largest absolute Gasteiger partial charge is 0.395 e. The molecular formula is C16H27NOS. The van der Waals surface area contributed by atoms with E-state index in [1.54, 1.807) is 11.8 Å². The molecule has 108 valence electrons. The van der Waals surface area contributed by atoms with Crippen molar-refractivity contribution >= 4 is 11.8 Å². The van der Waals surface area contributed by atoms with Gasteiger partial charge in [0.1, 0.15) is 0 Å². The molecule has 0 aliphatic rings. The molecule has 0 saturated carbocycles. The Morgan fingerprint density at radius 3 is 2.16 bits per heavy atom. The Kier molecular flexibility index (Phi) is 7.51. The number of thioether (sulfide) groups is 1. The number of benzene rings is 1. The second-order valence-electron chi connectivity index (χ2n) is 5.54. The lowest BCUT2D eigenvalue weighted by molar-refractivity contribution is 0.276. The van der Waals surface area contributed by atoms with Crippen molar-refractivity contribution in [1.29, 1.82) is 0 Å². The van der Waals surface area contributed by atoms with Crippen LogP contribution in [0.5, 0.6) is 0 Å². The van der Waals surface area contributed by atoms with Crippen molar-refractivity contribution in [2.45, 2.75) is 45.0 Å². The molecular weight excluding hydrogens is 254 g/mol. The van der Waals surface area contributed by atoms with Gasteiger partial charge in [0, 0.05) is 17.8 Å². The monoisotopic (exact) mass is 281 g/mol. The molecule has 1 rings (SSSR count). The van der Waals surface area contributed by atoms with Crippen molar-refractivity contribution in [3.05, 3.63) is 35.4 Å². The van der Waals surface area contributed by atoms with Gasteiger partial charge in [-0.1, -0.05) is 38.1 Å². The summed E-state index contributed by atoms with van der Waals surface area (Å²) in [5, 5.41) is 13.0. The van der Waals surface area contributed by atoms with Gasteiger partial charge in [-0.05, 0) is 36.6 Å². The minimum atomic E-state index is 0.225. The fourth-order valence-corrected chi connectivity index (χ4v) is 2.77. The maximum atomic E-state index is 9.25. The van der Waals surface area contributed by atoms with Crippen LogP contribution in [-0.4, -0.2) is 29.3 Å². The molecule has 0 radical (unpaired) electrons. The van der Waals surface area contributed by atoms with E-state index in [1.165, 1.54) is 11.1 Å². The summed E-state index contributed by atoms with van der Waals surface area (Å²) < 4.78 is 0. The van der Waals surface area contributed by atoms with Gasteiger partial charge in [-0.25, -0.2) is 0 Å². The Hall–Kier alpha value is -0.510. The molecule has 0 spiro atoms. The van der Waals surface area contributed by atoms with Gasteiger partial charge in [0.05, 0.1) is 6.61 Å². The number of hydrogen-bond donors (Lipinski definition) is 2. The Morgan fingerprint density at radius 2 is 1.68 bits per heavy atom. The first-order chi connectivity index (χ1) is 9.06. The molecule has 0 aliphatic carbocycles. The summed E-state index contributed by atoms with van der Waals surface area (Å²) in [5.74, 6) is 0.705. The first-order valence-corrected chi connectivity index (χ1v) is 8.30. The van der Waals surface area contributed by atoms with Gasteiger partial charge < -0.3 is 10.4 Å². The van der Waals surface area contributed by atoms with Crippen molar-refractivity contribution in [2.24, 2.45) is 5.92 Å². The Labute approximate surface area is 122 Å². The molecule has 0 aliphatic heterocycles. The topological polar surface area (TPSA) is 32.3 Å². The van der Waals surface area contributed by atoms with Crippen LogP contribution >= 0.6 is 11.8 Å². The molecule has 0 bridgehead atoms. The van der Waals surface area contributed by atoms with Gasteiger partial charge in [-0.15, -0.1) is 0 Å². The Morgan fingerprint density at radius 1 is 1.11 bits per heavy atom. The lowest BCUT2D eigenvalue weighted by Crippen LogP contribution is -2.37. The van der Waals surface area contributed by atoms with Crippen molar-refractivity contribution in [1.82, 2.24) is 5.32 Å². The van der Waals surface area contributed by atoms with Gasteiger partial charge >= 0.3 is 0 Å². The number of aliphatic hydroxyl groups excluding tert-OH is 1. The maximum Gasteiger partial charge on any atom is 0.0564 e. The quantitative estimate of drug-likeness (QED) is 0.768. The standard InChI is InChI=1S/C16H27NOS/c1-12(2)9-14-5-7-15(8-6-14)10-17-13(3)16(11-18)19-4/h5-8,12-13,16-18H,9-11H2,1-4H3. The molecule has 3 heteroatoms. The molecule has 2 unspecified atom stereocenters. The van der Waals surface area contributed by atoms with Crippen LogP contribution in [0.15, 0.2) is 24.3 Å². The normalized spacial score (nSPS) is 14.6. The van der Waals surface area contributed by atoms with Crippen molar-refractivity contribution in [3.8, 4) is 0 Å². The summed E-state index contributed by atoms with van der Waals surface area (Å²) in [6.07, 6.45) is 3.18. The highest BCUT2D eigenvalue weighted by Crippen LogP contribution is 2.12. The zero-order valence-corrected chi connectivity index (χ0v) is 13.3. The predicted octanol–water partition coefficient (Wildman–Crippen LogP) is 3.09. The summed E-state index contributed by atoms with van der Waals surface area (Å²) in [7, 11) is 0. The molecule has 1 aromatic rings. The number of aliphatic hydroxyl groups is 1. The fraction of sp³-hybridized carbons (Fsp3) is 0.625. The highest BCUT2D eigenvalue weighted by molar-refractivity contribution is 7.99. The van der Waals surface area contributed by atoms with Crippen LogP contribution in [0.1, 0.15) is 31.9 Å². The van der Waals surface area contributed by atoms with Gasteiger partial charge in [0.25, 0.3) is 0 Å². The van der Waals surface area contributed by atoms with Gasteiger partial charge in [-0.2, -0.15) is 11.8 Å². The van der Waals surface area contributed by atoms with E-state index in [-0.39, 0.29) is 11.9 Å². The molecule has 0 fully saturated rings. The predicted molar refractivity (Wildman–Crippen MR) is 85.7 cm³/mol. The second-order valence-corrected chi connectivity index (χ2v) is 6.62. The first-order valence-electron chi connectivity index (χ1n) is 7.01. The average Bonchev–Trinajstić information content (AvgIpc) is 2.38. The lowest BCUT2D eigenvalue weighted by atomic mass is 10.0. The minimum absolute atomic E-state index is 0.225. The lowest BCUT2D eigenvalue weighted by Gasteiger charge is -2.21. The van der Waals surface area contributed by atoms with E-state index in [0.29, 0.717) is 12.0 Å². The molecule has 0 saturated heterocycles. The average molecular weight is 281 g/mol. The fourth-order valence-electron chi connectivity index (χ4n) is 2.11. The molecule has 2 atom stereocenters.